The van der Waals surface area contributed by atoms with E-state index in [0.717, 1.165) is 31.2 Å². The fourth-order valence-electron chi connectivity index (χ4n) is 3.48. The molecule has 1 aliphatic rings. The average molecular weight is 340 g/mol. The van der Waals surface area contributed by atoms with Crippen LogP contribution in [0.4, 0.5) is 0 Å². The van der Waals surface area contributed by atoms with E-state index in [4.69, 9.17) is 4.74 Å². The number of rotatable bonds is 4. The molecule has 1 aliphatic carbocycles. The van der Waals surface area contributed by atoms with Gasteiger partial charge in [-0.3, -0.25) is 0 Å². The zero-order valence-corrected chi connectivity index (χ0v) is 14.4. The number of ether oxygens (including phenoxy) is 1. The van der Waals surface area contributed by atoms with Crippen LogP contribution in [0.1, 0.15) is 60.0 Å². The lowest BCUT2D eigenvalue weighted by atomic mass is 9.83. The highest BCUT2D eigenvalue weighted by Gasteiger charge is 2.25. The zero-order chi connectivity index (χ0) is 17.8. The van der Waals surface area contributed by atoms with Crippen molar-refractivity contribution in [3.05, 3.63) is 59.2 Å². The van der Waals surface area contributed by atoms with E-state index in [9.17, 15) is 15.0 Å². The molecule has 1 saturated carbocycles. The molecule has 0 radical (unpaired) electrons. The molecular weight excluding hydrogens is 316 g/mol. The number of benzene rings is 2. The average Bonchev–Trinajstić information content (AvgIpc) is 2.63. The van der Waals surface area contributed by atoms with Gasteiger partial charge in [0.1, 0.15) is 17.6 Å². The van der Waals surface area contributed by atoms with E-state index in [2.05, 4.69) is 0 Å². The molecule has 0 aliphatic heterocycles. The second kappa shape index (κ2) is 7.60. The van der Waals surface area contributed by atoms with Crippen LogP contribution in [-0.4, -0.2) is 22.3 Å². The fourth-order valence-corrected chi connectivity index (χ4v) is 3.48. The van der Waals surface area contributed by atoms with Crippen molar-refractivity contribution in [2.75, 3.05) is 0 Å². The number of aryl methyl sites for hydroxylation is 1. The van der Waals surface area contributed by atoms with E-state index in [1.807, 2.05) is 19.1 Å². The van der Waals surface area contributed by atoms with Gasteiger partial charge in [0, 0.05) is 0 Å². The summed E-state index contributed by atoms with van der Waals surface area (Å²) in [6, 6.07) is 12.2. The van der Waals surface area contributed by atoms with Crippen molar-refractivity contribution >= 4 is 5.97 Å². The van der Waals surface area contributed by atoms with Gasteiger partial charge < -0.3 is 14.9 Å². The van der Waals surface area contributed by atoms with Crippen LogP contribution in [0.5, 0.6) is 11.5 Å². The number of esters is 1. The van der Waals surface area contributed by atoms with Crippen LogP contribution < -0.4 is 0 Å². The molecule has 25 heavy (non-hydrogen) atoms. The molecule has 0 heterocycles. The molecule has 0 amide bonds. The predicted octanol–water partition coefficient (Wildman–Crippen LogP) is 4.54. The van der Waals surface area contributed by atoms with Gasteiger partial charge in [0.05, 0.1) is 5.56 Å². The van der Waals surface area contributed by atoms with Gasteiger partial charge in [-0.1, -0.05) is 19.1 Å². The lowest BCUT2D eigenvalue weighted by molar-refractivity contribution is 0.0195. The highest BCUT2D eigenvalue weighted by molar-refractivity contribution is 5.90. The molecule has 2 N–H and O–H groups in total. The highest BCUT2D eigenvalue weighted by atomic mass is 16.5. The Hall–Kier alpha value is -2.49. The Kier molecular flexibility index (Phi) is 5.27. The molecule has 3 rings (SSSR count). The van der Waals surface area contributed by atoms with Crippen molar-refractivity contribution < 1.29 is 19.7 Å². The van der Waals surface area contributed by atoms with E-state index in [0.29, 0.717) is 17.9 Å². The fraction of sp³-hybridized carbons (Fsp3) is 0.381. The molecule has 1 fully saturated rings. The number of phenolic OH excluding ortho intramolecular Hbond substituents is 2. The smallest absolute Gasteiger partial charge is 0.338 e. The Bertz CT molecular complexity index is 728. The number of carbonyl (C=O) groups excluding carboxylic acids is 1. The molecule has 0 aromatic heterocycles. The van der Waals surface area contributed by atoms with Crippen molar-refractivity contribution in [1.29, 1.82) is 0 Å². The van der Waals surface area contributed by atoms with Gasteiger partial charge in [-0.15, -0.1) is 0 Å². The van der Waals surface area contributed by atoms with Gasteiger partial charge in [-0.05, 0) is 79.5 Å². The van der Waals surface area contributed by atoms with Crippen molar-refractivity contribution in [1.82, 2.24) is 0 Å². The topological polar surface area (TPSA) is 66.8 Å². The Morgan fingerprint density at radius 2 is 1.72 bits per heavy atom. The maximum atomic E-state index is 12.3. The van der Waals surface area contributed by atoms with Crippen molar-refractivity contribution in [2.24, 2.45) is 0 Å². The first kappa shape index (κ1) is 17.3. The summed E-state index contributed by atoms with van der Waals surface area (Å²) < 4.78 is 5.66. The maximum Gasteiger partial charge on any atom is 0.338 e. The molecule has 0 saturated heterocycles. The molecule has 2 aromatic carbocycles. The molecule has 4 nitrogen and oxygen atoms in total. The SMILES string of the molecule is CCc1cc(C(=O)OC2CCC(c3ccc(O)cc3)CC2)ccc1O. The van der Waals surface area contributed by atoms with E-state index in [-0.39, 0.29) is 23.6 Å². The number of carbonyl (C=O) groups is 1. The zero-order valence-electron chi connectivity index (χ0n) is 14.4. The summed E-state index contributed by atoms with van der Waals surface area (Å²) in [5.74, 6) is 0.638. The second-order valence-electron chi connectivity index (χ2n) is 6.67. The van der Waals surface area contributed by atoms with Crippen LogP contribution in [0.15, 0.2) is 42.5 Å². The quantitative estimate of drug-likeness (QED) is 0.802. The first-order valence-electron chi connectivity index (χ1n) is 8.88. The van der Waals surface area contributed by atoms with E-state index >= 15 is 0 Å². The molecule has 0 spiro atoms. The monoisotopic (exact) mass is 340 g/mol. The van der Waals surface area contributed by atoms with Gasteiger partial charge >= 0.3 is 5.97 Å². The number of phenols is 2. The van der Waals surface area contributed by atoms with Crippen LogP contribution in [0.25, 0.3) is 0 Å². The third-order valence-corrected chi connectivity index (χ3v) is 5.01. The van der Waals surface area contributed by atoms with Crippen LogP contribution in [-0.2, 0) is 11.2 Å². The van der Waals surface area contributed by atoms with Crippen LogP contribution in [0.3, 0.4) is 0 Å². The largest absolute Gasteiger partial charge is 0.508 e. The normalized spacial score (nSPS) is 20.2. The van der Waals surface area contributed by atoms with E-state index in [1.165, 1.54) is 5.56 Å². The summed E-state index contributed by atoms with van der Waals surface area (Å²) in [7, 11) is 0. The minimum Gasteiger partial charge on any atom is -0.508 e. The Morgan fingerprint density at radius 3 is 2.36 bits per heavy atom. The van der Waals surface area contributed by atoms with Gasteiger partial charge in [0.2, 0.25) is 0 Å². The minimum atomic E-state index is -0.317. The molecule has 0 atom stereocenters. The van der Waals surface area contributed by atoms with Crippen molar-refractivity contribution in [3.63, 3.8) is 0 Å². The van der Waals surface area contributed by atoms with Gasteiger partial charge in [-0.2, -0.15) is 0 Å². The third kappa shape index (κ3) is 4.13. The van der Waals surface area contributed by atoms with E-state index in [1.54, 1.807) is 30.3 Å². The predicted molar refractivity (Wildman–Crippen MR) is 96.0 cm³/mol. The van der Waals surface area contributed by atoms with Crippen LogP contribution in [0.2, 0.25) is 0 Å². The first-order valence-corrected chi connectivity index (χ1v) is 8.88. The Morgan fingerprint density at radius 1 is 1.04 bits per heavy atom. The summed E-state index contributed by atoms with van der Waals surface area (Å²) in [5.41, 5.74) is 2.48. The standard InChI is InChI=1S/C21H24O4/c1-2-14-13-17(7-12-20(14)23)21(24)25-19-10-5-16(6-11-19)15-3-8-18(22)9-4-15/h3-4,7-9,12-13,16,19,22-23H,2,5-6,10-11H2,1H3. The minimum absolute atomic E-state index is 0.0558. The van der Waals surface area contributed by atoms with Crippen LogP contribution in [0, 0.1) is 0 Å². The molecule has 2 aromatic rings. The summed E-state index contributed by atoms with van der Waals surface area (Å²) in [6.07, 6.45) is 4.24. The molecule has 0 unspecified atom stereocenters. The lowest BCUT2D eigenvalue weighted by Gasteiger charge is -2.28. The number of hydrogen-bond acceptors (Lipinski definition) is 4. The van der Waals surface area contributed by atoms with Crippen molar-refractivity contribution in [3.8, 4) is 11.5 Å². The van der Waals surface area contributed by atoms with Gasteiger partial charge in [0.15, 0.2) is 0 Å². The highest BCUT2D eigenvalue weighted by Crippen LogP contribution is 2.35. The molecule has 4 heteroatoms. The van der Waals surface area contributed by atoms with Crippen molar-refractivity contribution in [2.45, 2.75) is 51.0 Å². The number of hydrogen-bond donors (Lipinski definition) is 2. The lowest BCUT2D eigenvalue weighted by Crippen LogP contribution is -2.24. The van der Waals surface area contributed by atoms with Crippen LogP contribution >= 0.6 is 0 Å². The number of aromatic hydroxyl groups is 2. The second-order valence-corrected chi connectivity index (χ2v) is 6.67. The Labute approximate surface area is 148 Å². The summed E-state index contributed by atoms with van der Waals surface area (Å²) in [5, 5.41) is 19.1. The molecular formula is C21H24O4. The van der Waals surface area contributed by atoms with E-state index < -0.39 is 0 Å². The van der Waals surface area contributed by atoms with Gasteiger partial charge in [-0.25, -0.2) is 4.79 Å². The third-order valence-electron chi connectivity index (χ3n) is 5.01. The Balaban J connectivity index is 1.56. The summed E-state index contributed by atoms with van der Waals surface area (Å²) >= 11 is 0. The molecule has 0 bridgehead atoms. The summed E-state index contributed by atoms with van der Waals surface area (Å²) in [4.78, 5) is 12.3. The van der Waals surface area contributed by atoms with Gasteiger partial charge in [0.25, 0.3) is 0 Å². The first-order chi connectivity index (χ1) is 12.1. The summed E-state index contributed by atoms with van der Waals surface area (Å²) in [6.45, 7) is 1.94. The molecule has 132 valence electrons. The maximum absolute atomic E-state index is 12.3.